The maximum absolute atomic E-state index is 10.5. The van der Waals surface area contributed by atoms with Crippen LogP contribution in [0.3, 0.4) is 0 Å². The Balaban J connectivity index is 2.39. The first-order chi connectivity index (χ1) is 5.70. The Kier molecular flexibility index (Phi) is 2.91. The van der Waals surface area contributed by atoms with E-state index in [4.69, 9.17) is 9.15 Å². The molecule has 0 amide bonds. The number of hydrogen-bond acceptors (Lipinski definition) is 3. The number of ether oxygens (including phenoxy) is 1. The summed E-state index contributed by atoms with van der Waals surface area (Å²) < 4.78 is 9.96. The van der Waals surface area contributed by atoms with E-state index in [1.54, 1.807) is 6.26 Å². The molecule has 0 bridgehead atoms. The van der Waals surface area contributed by atoms with Crippen molar-refractivity contribution in [3.8, 4) is 0 Å². The quantitative estimate of drug-likeness (QED) is 0.647. The molecule has 1 atom stereocenters. The van der Waals surface area contributed by atoms with Crippen LogP contribution in [0.4, 0.5) is 0 Å². The van der Waals surface area contributed by atoms with Crippen molar-refractivity contribution in [3.05, 3.63) is 24.2 Å². The predicted octanol–water partition coefficient (Wildman–Crippen LogP) is 1.95. The Morgan fingerprint density at radius 2 is 2.50 bits per heavy atom. The van der Waals surface area contributed by atoms with Gasteiger partial charge in [0.1, 0.15) is 12.4 Å². The smallest absolute Gasteiger partial charge is 0.302 e. The van der Waals surface area contributed by atoms with E-state index in [1.165, 1.54) is 6.92 Å². The van der Waals surface area contributed by atoms with E-state index in [0.29, 0.717) is 6.61 Å². The van der Waals surface area contributed by atoms with Gasteiger partial charge in [-0.2, -0.15) is 0 Å². The molecule has 0 aliphatic rings. The highest BCUT2D eigenvalue weighted by molar-refractivity contribution is 5.65. The molecular formula is C9H12O3. The SMILES string of the molecule is CC(=O)OC[C@H](C)c1ccco1. The highest BCUT2D eigenvalue weighted by atomic mass is 16.5. The molecule has 1 heterocycles. The van der Waals surface area contributed by atoms with Gasteiger partial charge in [-0.05, 0) is 12.1 Å². The Morgan fingerprint density at radius 3 is 3.00 bits per heavy atom. The van der Waals surface area contributed by atoms with Crippen molar-refractivity contribution in [2.75, 3.05) is 6.61 Å². The molecule has 0 saturated carbocycles. The van der Waals surface area contributed by atoms with Crippen molar-refractivity contribution in [2.45, 2.75) is 19.8 Å². The Labute approximate surface area is 71.3 Å². The van der Waals surface area contributed by atoms with Crippen molar-refractivity contribution in [1.82, 2.24) is 0 Å². The summed E-state index contributed by atoms with van der Waals surface area (Å²) in [5.41, 5.74) is 0. The molecule has 0 aliphatic heterocycles. The number of carbonyl (C=O) groups excluding carboxylic acids is 1. The van der Waals surface area contributed by atoms with Gasteiger partial charge < -0.3 is 9.15 Å². The molecule has 0 saturated heterocycles. The zero-order chi connectivity index (χ0) is 8.97. The minimum atomic E-state index is -0.256. The van der Waals surface area contributed by atoms with Crippen LogP contribution >= 0.6 is 0 Å². The molecule has 0 spiro atoms. The van der Waals surface area contributed by atoms with Crippen LogP contribution in [0.1, 0.15) is 25.5 Å². The molecule has 0 radical (unpaired) electrons. The second-order valence-corrected chi connectivity index (χ2v) is 2.72. The average molecular weight is 168 g/mol. The number of carbonyl (C=O) groups is 1. The van der Waals surface area contributed by atoms with E-state index in [-0.39, 0.29) is 11.9 Å². The molecular weight excluding hydrogens is 156 g/mol. The Hall–Kier alpha value is -1.25. The van der Waals surface area contributed by atoms with Crippen LogP contribution in [0.15, 0.2) is 22.8 Å². The fraction of sp³-hybridized carbons (Fsp3) is 0.444. The molecule has 0 aliphatic carbocycles. The largest absolute Gasteiger partial charge is 0.469 e. The van der Waals surface area contributed by atoms with Gasteiger partial charge in [0, 0.05) is 12.8 Å². The van der Waals surface area contributed by atoms with Gasteiger partial charge in [-0.3, -0.25) is 4.79 Å². The number of hydrogen-bond donors (Lipinski definition) is 0. The minimum absolute atomic E-state index is 0.129. The molecule has 0 N–H and O–H groups in total. The summed E-state index contributed by atoms with van der Waals surface area (Å²) in [6.45, 7) is 3.72. The van der Waals surface area contributed by atoms with E-state index in [0.717, 1.165) is 5.76 Å². The lowest BCUT2D eigenvalue weighted by atomic mass is 10.1. The number of furan rings is 1. The fourth-order valence-electron chi connectivity index (χ4n) is 0.896. The monoisotopic (exact) mass is 168 g/mol. The summed E-state index contributed by atoms with van der Waals surface area (Å²) in [6.07, 6.45) is 1.61. The normalized spacial score (nSPS) is 12.5. The molecule has 12 heavy (non-hydrogen) atoms. The number of esters is 1. The first-order valence-electron chi connectivity index (χ1n) is 3.87. The van der Waals surface area contributed by atoms with Crippen LogP contribution in [0, 0.1) is 0 Å². The van der Waals surface area contributed by atoms with E-state index >= 15 is 0 Å². The van der Waals surface area contributed by atoms with E-state index in [9.17, 15) is 4.79 Å². The lowest BCUT2D eigenvalue weighted by Crippen LogP contribution is -2.06. The van der Waals surface area contributed by atoms with Crippen molar-refractivity contribution in [3.63, 3.8) is 0 Å². The highest BCUT2D eigenvalue weighted by Gasteiger charge is 2.09. The van der Waals surface area contributed by atoms with Gasteiger partial charge in [0.15, 0.2) is 0 Å². The van der Waals surface area contributed by atoms with Gasteiger partial charge in [0.25, 0.3) is 0 Å². The molecule has 3 nitrogen and oxygen atoms in total. The van der Waals surface area contributed by atoms with E-state index in [2.05, 4.69) is 0 Å². The zero-order valence-electron chi connectivity index (χ0n) is 7.24. The van der Waals surface area contributed by atoms with Crippen LogP contribution < -0.4 is 0 Å². The third kappa shape index (κ3) is 2.42. The summed E-state index contributed by atoms with van der Waals surface area (Å²) >= 11 is 0. The summed E-state index contributed by atoms with van der Waals surface area (Å²) in [4.78, 5) is 10.5. The lowest BCUT2D eigenvalue weighted by molar-refractivity contribution is -0.141. The Bertz CT molecular complexity index is 238. The third-order valence-electron chi connectivity index (χ3n) is 1.57. The fourth-order valence-corrected chi connectivity index (χ4v) is 0.896. The van der Waals surface area contributed by atoms with Crippen LogP contribution in [0.25, 0.3) is 0 Å². The van der Waals surface area contributed by atoms with E-state index < -0.39 is 0 Å². The molecule has 1 aromatic heterocycles. The second-order valence-electron chi connectivity index (χ2n) is 2.72. The topological polar surface area (TPSA) is 39.4 Å². The van der Waals surface area contributed by atoms with Crippen LogP contribution in [0.2, 0.25) is 0 Å². The summed E-state index contributed by atoms with van der Waals surface area (Å²) in [5.74, 6) is 0.716. The molecule has 3 heteroatoms. The van der Waals surface area contributed by atoms with Crippen LogP contribution in [0.5, 0.6) is 0 Å². The van der Waals surface area contributed by atoms with Crippen molar-refractivity contribution in [2.24, 2.45) is 0 Å². The highest BCUT2D eigenvalue weighted by Crippen LogP contribution is 2.15. The maximum Gasteiger partial charge on any atom is 0.302 e. The predicted molar refractivity (Wildman–Crippen MR) is 43.8 cm³/mol. The molecule has 1 aromatic rings. The van der Waals surface area contributed by atoms with Crippen molar-refractivity contribution < 1.29 is 13.9 Å². The molecule has 0 aromatic carbocycles. The molecule has 66 valence electrons. The lowest BCUT2D eigenvalue weighted by Gasteiger charge is -2.07. The van der Waals surface area contributed by atoms with Crippen LogP contribution in [-0.4, -0.2) is 12.6 Å². The van der Waals surface area contributed by atoms with Gasteiger partial charge in [-0.1, -0.05) is 6.92 Å². The summed E-state index contributed by atoms with van der Waals surface area (Å²) in [7, 11) is 0. The molecule has 1 rings (SSSR count). The van der Waals surface area contributed by atoms with Crippen molar-refractivity contribution in [1.29, 1.82) is 0 Å². The zero-order valence-corrected chi connectivity index (χ0v) is 7.24. The van der Waals surface area contributed by atoms with Crippen molar-refractivity contribution >= 4 is 5.97 Å². The van der Waals surface area contributed by atoms with Gasteiger partial charge in [0.05, 0.1) is 6.26 Å². The van der Waals surface area contributed by atoms with Gasteiger partial charge in [-0.25, -0.2) is 0 Å². The third-order valence-corrected chi connectivity index (χ3v) is 1.57. The molecule has 0 unspecified atom stereocenters. The Morgan fingerprint density at radius 1 is 1.75 bits per heavy atom. The first-order valence-corrected chi connectivity index (χ1v) is 3.87. The average Bonchev–Trinajstić information content (AvgIpc) is 2.51. The van der Waals surface area contributed by atoms with E-state index in [1.807, 2.05) is 19.1 Å². The summed E-state index contributed by atoms with van der Waals surface area (Å²) in [6, 6.07) is 3.69. The maximum atomic E-state index is 10.5. The van der Waals surface area contributed by atoms with Gasteiger partial charge in [0.2, 0.25) is 0 Å². The minimum Gasteiger partial charge on any atom is -0.469 e. The van der Waals surface area contributed by atoms with Crippen LogP contribution in [-0.2, 0) is 9.53 Å². The standard InChI is InChI=1S/C9H12O3/c1-7(6-12-8(2)10)9-4-3-5-11-9/h3-5,7H,6H2,1-2H3/t7-/m0/s1. The van der Waals surface area contributed by atoms with Gasteiger partial charge in [-0.15, -0.1) is 0 Å². The second kappa shape index (κ2) is 3.95. The molecule has 0 fully saturated rings. The number of rotatable bonds is 3. The summed E-state index contributed by atoms with van der Waals surface area (Å²) in [5, 5.41) is 0. The first kappa shape index (κ1) is 8.84. The van der Waals surface area contributed by atoms with Gasteiger partial charge >= 0.3 is 5.97 Å².